The molecule has 1 saturated carbocycles. The Hall–Kier alpha value is -0.450. The van der Waals surface area contributed by atoms with Crippen LogP contribution in [0, 0.1) is 5.82 Å². The fraction of sp³-hybridized carbons (Fsp3) is 0.625. The smallest absolute Gasteiger partial charge is 0.142 e. The van der Waals surface area contributed by atoms with E-state index in [1.807, 2.05) is 19.1 Å². The molecule has 1 fully saturated rings. The van der Waals surface area contributed by atoms with E-state index in [1.54, 1.807) is 6.07 Å². The summed E-state index contributed by atoms with van der Waals surface area (Å²) in [5.41, 5.74) is 0.434. The van der Waals surface area contributed by atoms with Gasteiger partial charge in [-0.1, -0.05) is 31.9 Å². The molecule has 4 heteroatoms. The number of hydrogen-bond donors (Lipinski definition) is 1. The lowest BCUT2D eigenvalue weighted by molar-refractivity contribution is -0.0630. The van der Waals surface area contributed by atoms with Crippen molar-refractivity contribution in [3.05, 3.63) is 34.1 Å². The lowest BCUT2D eigenvalue weighted by Crippen LogP contribution is -2.44. The van der Waals surface area contributed by atoms with Crippen LogP contribution < -0.4 is 5.32 Å². The molecule has 1 aromatic carbocycles. The Morgan fingerprint density at radius 2 is 2.05 bits per heavy atom. The Morgan fingerprint density at radius 1 is 1.35 bits per heavy atom. The quantitative estimate of drug-likeness (QED) is 0.815. The molecule has 1 unspecified atom stereocenters. The molecule has 0 saturated heterocycles. The van der Waals surface area contributed by atoms with Crippen molar-refractivity contribution in [2.75, 3.05) is 13.2 Å². The Balaban J connectivity index is 2.41. The van der Waals surface area contributed by atoms with Crippen LogP contribution in [-0.2, 0) is 4.74 Å². The summed E-state index contributed by atoms with van der Waals surface area (Å²) in [6, 6.07) is 5.41. The van der Waals surface area contributed by atoms with E-state index in [-0.39, 0.29) is 17.5 Å². The van der Waals surface area contributed by atoms with Crippen molar-refractivity contribution in [1.29, 1.82) is 0 Å². The SMILES string of the molecule is CCNC(c1cccc(Br)c1F)C1(OCC)CCCC1. The monoisotopic (exact) mass is 343 g/mol. The van der Waals surface area contributed by atoms with Crippen molar-refractivity contribution in [1.82, 2.24) is 5.32 Å². The largest absolute Gasteiger partial charge is 0.373 e. The number of nitrogens with one attached hydrogen (secondary N) is 1. The topological polar surface area (TPSA) is 21.3 Å². The van der Waals surface area contributed by atoms with Crippen molar-refractivity contribution >= 4 is 15.9 Å². The summed E-state index contributed by atoms with van der Waals surface area (Å²) >= 11 is 3.29. The molecule has 0 heterocycles. The third-order valence-electron chi connectivity index (χ3n) is 4.11. The van der Waals surface area contributed by atoms with E-state index in [4.69, 9.17) is 4.74 Å². The molecule has 20 heavy (non-hydrogen) atoms. The minimum atomic E-state index is -0.271. The van der Waals surface area contributed by atoms with Gasteiger partial charge < -0.3 is 10.1 Å². The van der Waals surface area contributed by atoms with Gasteiger partial charge in [-0.3, -0.25) is 0 Å². The van der Waals surface area contributed by atoms with Gasteiger partial charge in [0.2, 0.25) is 0 Å². The molecular weight excluding hydrogens is 321 g/mol. The molecule has 1 aliphatic carbocycles. The lowest BCUT2D eigenvalue weighted by atomic mass is 9.86. The van der Waals surface area contributed by atoms with Gasteiger partial charge in [0.05, 0.1) is 16.1 Å². The summed E-state index contributed by atoms with van der Waals surface area (Å²) in [5, 5.41) is 3.45. The van der Waals surface area contributed by atoms with Crippen LogP contribution in [0.15, 0.2) is 22.7 Å². The predicted octanol–water partition coefficient (Wildman–Crippen LogP) is 4.59. The predicted molar refractivity (Wildman–Crippen MR) is 83.3 cm³/mol. The van der Waals surface area contributed by atoms with Gasteiger partial charge in [0.25, 0.3) is 0 Å². The second kappa shape index (κ2) is 7.01. The van der Waals surface area contributed by atoms with Gasteiger partial charge >= 0.3 is 0 Å². The molecule has 1 aliphatic rings. The fourth-order valence-corrected chi connectivity index (χ4v) is 3.69. The van der Waals surface area contributed by atoms with E-state index in [0.29, 0.717) is 16.6 Å². The minimum absolute atomic E-state index is 0.0903. The summed E-state index contributed by atoms with van der Waals surface area (Å²) in [6.45, 7) is 5.53. The van der Waals surface area contributed by atoms with Gasteiger partial charge in [-0.05, 0) is 48.3 Å². The van der Waals surface area contributed by atoms with E-state index in [1.165, 1.54) is 0 Å². The highest BCUT2D eigenvalue weighted by atomic mass is 79.9. The number of benzene rings is 1. The van der Waals surface area contributed by atoms with Gasteiger partial charge in [0, 0.05) is 12.2 Å². The summed E-state index contributed by atoms with van der Waals surface area (Å²) in [6.07, 6.45) is 4.28. The fourth-order valence-electron chi connectivity index (χ4n) is 3.30. The number of hydrogen-bond acceptors (Lipinski definition) is 2. The maximum absolute atomic E-state index is 14.5. The zero-order chi connectivity index (χ0) is 14.6. The van der Waals surface area contributed by atoms with Crippen molar-refractivity contribution < 1.29 is 9.13 Å². The molecule has 0 amide bonds. The maximum atomic E-state index is 14.5. The van der Waals surface area contributed by atoms with E-state index >= 15 is 0 Å². The molecule has 112 valence electrons. The number of rotatable bonds is 6. The third kappa shape index (κ3) is 3.07. The second-order valence-electron chi connectivity index (χ2n) is 5.34. The highest BCUT2D eigenvalue weighted by Crippen LogP contribution is 2.44. The molecule has 0 radical (unpaired) electrons. The standard InChI is InChI=1S/C16H23BrFNO/c1-3-19-15(12-8-7-9-13(17)14(12)18)16(20-4-2)10-5-6-11-16/h7-9,15,19H,3-6,10-11H2,1-2H3. The molecule has 1 aromatic rings. The van der Waals surface area contributed by atoms with Gasteiger partial charge in [-0.2, -0.15) is 0 Å². The first-order valence-corrected chi connectivity index (χ1v) is 8.25. The Morgan fingerprint density at radius 3 is 2.65 bits per heavy atom. The summed E-state index contributed by atoms with van der Waals surface area (Å²) < 4.78 is 21.1. The van der Waals surface area contributed by atoms with Crippen LogP contribution in [0.25, 0.3) is 0 Å². The molecule has 0 aromatic heterocycles. The average Bonchev–Trinajstić information content (AvgIpc) is 2.90. The minimum Gasteiger partial charge on any atom is -0.373 e. The van der Waals surface area contributed by atoms with Gasteiger partial charge in [-0.25, -0.2) is 4.39 Å². The van der Waals surface area contributed by atoms with E-state index < -0.39 is 0 Å². The van der Waals surface area contributed by atoms with Gasteiger partial charge in [0.15, 0.2) is 0 Å². The summed E-state index contributed by atoms with van der Waals surface area (Å²) in [7, 11) is 0. The normalized spacial score (nSPS) is 19.2. The Labute approximate surface area is 129 Å². The number of halogens is 2. The first-order valence-electron chi connectivity index (χ1n) is 7.46. The number of likely N-dealkylation sites (N-methyl/N-ethyl adjacent to an activating group) is 1. The van der Waals surface area contributed by atoms with Crippen LogP contribution in [0.4, 0.5) is 4.39 Å². The first-order chi connectivity index (χ1) is 9.64. The molecule has 0 aliphatic heterocycles. The second-order valence-corrected chi connectivity index (χ2v) is 6.19. The van der Waals surface area contributed by atoms with Crippen LogP contribution in [-0.4, -0.2) is 18.8 Å². The summed E-state index contributed by atoms with van der Waals surface area (Å²) in [5.74, 6) is -0.176. The molecular formula is C16H23BrFNO. The highest BCUT2D eigenvalue weighted by Gasteiger charge is 2.43. The van der Waals surface area contributed by atoms with Crippen molar-refractivity contribution in [2.45, 2.75) is 51.2 Å². The van der Waals surface area contributed by atoms with E-state index in [2.05, 4.69) is 28.2 Å². The molecule has 0 spiro atoms. The average molecular weight is 344 g/mol. The van der Waals surface area contributed by atoms with Crippen LogP contribution in [0.3, 0.4) is 0 Å². The lowest BCUT2D eigenvalue weighted by Gasteiger charge is -2.38. The third-order valence-corrected chi connectivity index (χ3v) is 4.72. The maximum Gasteiger partial charge on any atom is 0.142 e. The van der Waals surface area contributed by atoms with Gasteiger partial charge in [0.1, 0.15) is 5.82 Å². The van der Waals surface area contributed by atoms with Crippen LogP contribution >= 0.6 is 15.9 Å². The zero-order valence-corrected chi connectivity index (χ0v) is 13.8. The molecule has 1 N–H and O–H groups in total. The van der Waals surface area contributed by atoms with Crippen molar-refractivity contribution in [2.24, 2.45) is 0 Å². The highest BCUT2D eigenvalue weighted by molar-refractivity contribution is 9.10. The van der Waals surface area contributed by atoms with Crippen molar-refractivity contribution in [3.63, 3.8) is 0 Å². The van der Waals surface area contributed by atoms with Crippen LogP contribution in [0.2, 0.25) is 0 Å². The van der Waals surface area contributed by atoms with E-state index in [9.17, 15) is 4.39 Å². The first kappa shape index (κ1) is 15.9. The zero-order valence-electron chi connectivity index (χ0n) is 12.2. The Kier molecular flexibility index (Phi) is 5.58. The summed E-state index contributed by atoms with van der Waals surface area (Å²) in [4.78, 5) is 0. The van der Waals surface area contributed by atoms with E-state index in [0.717, 1.165) is 32.2 Å². The number of ether oxygens (including phenoxy) is 1. The van der Waals surface area contributed by atoms with Crippen LogP contribution in [0.1, 0.15) is 51.1 Å². The molecule has 0 bridgehead atoms. The Bertz CT molecular complexity index is 446. The molecule has 1 atom stereocenters. The molecule has 2 rings (SSSR count). The van der Waals surface area contributed by atoms with Crippen LogP contribution in [0.5, 0.6) is 0 Å². The van der Waals surface area contributed by atoms with Crippen molar-refractivity contribution in [3.8, 4) is 0 Å². The van der Waals surface area contributed by atoms with Gasteiger partial charge in [-0.15, -0.1) is 0 Å². The molecule has 2 nitrogen and oxygen atoms in total.